The number of fused-ring (bicyclic) bond motifs is 1. The molecule has 0 spiro atoms. The lowest BCUT2D eigenvalue weighted by Gasteiger charge is -2.23. The van der Waals surface area contributed by atoms with Gasteiger partial charge in [0.05, 0.1) is 6.61 Å². The third kappa shape index (κ3) is 0.904. The molecule has 0 aliphatic carbocycles. The molecular formula is C7H11NO2. The summed E-state index contributed by atoms with van der Waals surface area (Å²) in [5.41, 5.74) is 0. The van der Waals surface area contributed by atoms with Gasteiger partial charge in [-0.1, -0.05) is 0 Å². The summed E-state index contributed by atoms with van der Waals surface area (Å²) < 4.78 is 5.24. The van der Waals surface area contributed by atoms with Crippen molar-refractivity contribution in [2.24, 2.45) is 5.92 Å². The lowest BCUT2D eigenvalue weighted by atomic mass is 9.97. The fourth-order valence-corrected chi connectivity index (χ4v) is 1.69. The van der Waals surface area contributed by atoms with Crippen LogP contribution in [0.5, 0.6) is 0 Å². The number of hydrogen-bond acceptors (Lipinski definition) is 2. The van der Waals surface area contributed by atoms with Crippen LogP contribution in [0.2, 0.25) is 0 Å². The maximum absolute atomic E-state index is 10.8. The molecule has 3 heteroatoms. The number of ether oxygens (including phenoxy) is 1. The summed E-state index contributed by atoms with van der Waals surface area (Å²) in [5.74, 6) is 0.654. The van der Waals surface area contributed by atoms with E-state index in [0.29, 0.717) is 18.4 Å². The third-order valence-electron chi connectivity index (χ3n) is 2.27. The lowest BCUT2D eigenvalue weighted by Crippen LogP contribution is -2.35. The minimum atomic E-state index is 0.195. The molecule has 2 fully saturated rings. The van der Waals surface area contributed by atoms with Crippen molar-refractivity contribution in [2.45, 2.75) is 18.9 Å². The van der Waals surface area contributed by atoms with Crippen LogP contribution in [0, 0.1) is 5.92 Å². The zero-order valence-electron chi connectivity index (χ0n) is 5.80. The van der Waals surface area contributed by atoms with Crippen LogP contribution in [-0.4, -0.2) is 25.2 Å². The van der Waals surface area contributed by atoms with Crippen molar-refractivity contribution in [1.82, 2.24) is 5.32 Å². The standard InChI is InChI=1S/C7H11NO2/c9-7-3-5-4-10-2-1-6(5)8-7/h5-6H,1-4H2,(H,8,9). The second kappa shape index (κ2) is 2.23. The maximum Gasteiger partial charge on any atom is 0.220 e. The molecule has 3 nitrogen and oxygen atoms in total. The third-order valence-corrected chi connectivity index (χ3v) is 2.27. The molecule has 0 aromatic heterocycles. The number of rotatable bonds is 0. The first-order chi connectivity index (χ1) is 4.86. The van der Waals surface area contributed by atoms with E-state index in [9.17, 15) is 4.79 Å². The molecule has 10 heavy (non-hydrogen) atoms. The van der Waals surface area contributed by atoms with Crippen molar-refractivity contribution in [3.8, 4) is 0 Å². The van der Waals surface area contributed by atoms with E-state index >= 15 is 0 Å². The Bertz CT molecular complexity index is 142. The average molecular weight is 141 g/mol. The van der Waals surface area contributed by atoms with E-state index in [1.807, 2.05) is 0 Å². The molecule has 1 amide bonds. The second-order valence-electron chi connectivity index (χ2n) is 3.00. The van der Waals surface area contributed by atoms with E-state index in [-0.39, 0.29) is 5.91 Å². The fourth-order valence-electron chi connectivity index (χ4n) is 1.69. The Morgan fingerprint density at radius 3 is 3.30 bits per heavy atom. The molecule has 0 radical (unpaired) electrons. The highest BCUT2D eigenvalue weighted by atomic mass is 16.5. The number of carbonyl (C=O) groups excluding carboxylic acids is 1. The van der Waals surface area contributed by atoms with Gasteiger partial charge in [0.1, 0.15) is 0 Å². The van der Waals surface area contributed by atoms with Crippen LogP contribution in [0.15, 0.2) is 0 Å². The molecule has 2 aliphatic heterocycles. The summed E-state index contributed by atoms with van der Waals surface area (Å²) in [6, 6.07) is 0.418. The summed E-state index contributed by atoms with van der Waals surface area (Å²) in [7, 11) is 0. The molecule has 0 bridgehead atoms. The molecule has 2 atom stereocenters. The van der Waals surface area contributed by atoms with Gasteiger partial charge in [-0.25, -0.2) is 0 Å². The van der Waals surface area contributed by atoms with Crippen LogP contribution in [0.1, 0.15) is 12.8 Å². The second-order valence-corrected chi connectivity index (χ2v) is 3.00. The molecule has 2 rings (SSSR count). The largest absolute Gasteiger partial charge is 0.381 e. The van der Waals surface area contributed by atoms with E-state index < -0.39 is 0 Å². The SMILES string of the molecule is O=C1CC2COCCC2N1. The zero-order chi connectivity index (χ0) is 6.97. The van der Waals surface area contributed by atoms with Gasteiger partial charge in [0, 0.05) is 25.0 Å². The molecule has 56 valence electrons. The van der Waals surface area contributed by atoms with E-state index in [1.54, 1.807) is 0 Å². The van der Waals surface area contributed by atoms with E-state index in [2.05, 4.69) is 5.32 Å². The lowest BCUT2D eigenvalue weighted by molar-refractivity contribution is -0.119. The Balaban J connectivity index is 2.04. The molecule has 2 unspecified atom stereocenters. The summed E-state index contributed by atoms with van der Waals surface area (Å²) in [6.45, 7) is 1.57. The van der Waals surface area contributed by atoms with Crippen LogP contribution in [-0.2, 0) is 9.53 Å². The molecule has 0 aromatic rings. The minimum Gasteiger partial charge on any atom is -0.381 e. The van der Waals surface area contributed by atoms with E-state index in [1.165, 1.54) is 0 Å². The molecule has 0 saturated carbocycles. The van der Waals surface area contributed by atoms with Crippen LogP contribution in [0.25, 0.3) is 0 Å². The zero-order valence-corrected chi connectivity index (χ0v) is 5.80. The number of carbonyl (C=O) groups is 1. The Hall–Kier alpha value is -0.570. The number of nitrogens with one attached hydrogen (secondary N) is 1. The highest BCUT2D eigenvalue weighted by Crippen LogP contribution is 2.22. The van der Waals surface area contributed by atoms with Gasteiger partial charge in [0.2, 0.25) is 5.91 Å². The summed E-state index contributed by atoms with van der Waals surface area (Å²) in [4.78, 5) is 10.8. The van der Waals surface area contributed by atoms with Gasteiger partial charge in [0.15, 0.2) is 0 Å². The van der Waals surface area contributed by atoms with Gasteiger partial charge in [-0.2, -0.15) is 0 Å². The molecule has 1 N–H and O–H groups in total. The van der Waals surface area contributed by atoms with Crippen LogP contribution >= 0.6 is 0 Å². The van der Waals surface area contributed by atoms with Crippen molar-refractivity contribution in [2.75, 3.05) is 13.2 Å². The Labute approximate surface area is 59.7 Å². The topological polar surface area (TPSA) is 38.3 Å². The smallest absolute Gasteiger partial charge is 0.220 e. The van der Waals surface area contributed by atoms with Gasteiger partial charge in [0.25, 0.3) is 0 Å². The quantitative estimate of drug-likeness (QED) is 0.512. The molecular weight excluding hydrogens is 130 g/mol. The predicted molar refractivity (Wildman–Crippen MR) is 35.5 cm³/mol. The Kier molecular flexibility index (Phi) is 1.38. The maximum atomic E-state index is 10.8. The Morgan fingerprint density at radius 1 is 1.60 bits per heavy atom. The van der Waals surface area contributed by atoms with Crippen molar-refractivity contribution >= 4 is 5.91 Å². The summed E-state index contributed by atoms with van der Waals surface area (Å²) in [6.07, 6.45) is 1.67. The van der Waals surface area contributed by atoms with Crippen molar-refractivity contribution in [1.29, 1.82) is 0 Å². The van der Waals surface area contributed by atoms with Gasteiger partial charge < -0.3 is 10.1 Å². The van der Waals surface area contributed by atoms with Crippen LogP contribution in [0.4, 0.5) is 0 Å². The highest BCUT2D eigenvalue weighted by molar-refractivity contribution is 5.79. The van der Waals surface area contributed by atoms with Crippen molar-refractivity contribution in [3.05, 3.63) is 0 Å². The molecule has 2 saturated heterocycles. The van der Waals surface area contributed by atoms with Crippen molar-refractivity contribution in [3.63, 3.8) is 0 Å². The molecule has 2 aliphatic rings. The van der Waals surface area contributed by atoms with Crippen LogP contribution < -0.4 is 5.32 Å². The van der Waals surface area contributed by atoms with Crippen LogP contribution in [0.3, 0.4) is 0 Å². The first kappa shape index (κ1) is 6.16. The van der Waals surface area contributed by atoms with Gasteiger partial charge in [-0.15, -0.1) is 0 Å². The number of hydrogen-bond donors (Lipinski definition) is 1. The highest BCUT2D eigenvalue weighted by Gasteiger charge is 2.34. The first-order valence-corrected chi connectivity index (χ1v) is 3.73. The van der Waals surface area contributed by atoms with Crippen molar-refractivity contribution < 1.29 is 9.53 Å². The fraction of sp³-hybridized carbons (Fsp3) is 0.857. The molecule has 2 heterocycles. The summed E-state index contributed by atoms with van der Waals surface area (Å²) >= 11 is 0. The normalized spacial score (nSPS) is 39.0. The van der Waals surface area contributed by atoms with Gasteiger partial charge >= 0.3 is 0 Å². The Morgan fingerprint density at radius 2 is 2.50 bits per heavy atom. The average Bonchev–Trinajstić information content (AvgIpc) is 2.27. The van der Waals surface area contributed by atoms with Gasteiger partial charge in [-0.05, 0) is 6.42 Å². The number of amides is 1. The van der Waals surface area contributed by atoms with E-state index in [4.69, 9.17) is 4.74 Å². The monoisotopic (exact) mass is 141 g/mol. The van der Waals surface area contributed by atoms with E-state index in [0.717, 1.165) is 19.6 Å². The molecule has 0 aromatic carbocycles. The predicted octanol–water partition coefficient (Wildman–Crippen LogP) is -0.0886. The van der Waals surface area contributed by atoms with Gasteiger partial charge in [-0.3, -0.25) is 4.79 Å². The minimum absolute atomic E-state index is 0.195. The summed E-state index contributed by atoms with van der Waals surface area (Å²) in [5, 5.41) is 2.94. The first-order valence-electron chi connectivity index (χ1n) is 3.73.